The third-order valence-corrected chi connectivity index (χ3v) is 4.12. The molecule has 5 nitrogen and oxygen atoms in total. The lowest BCUT2D eigenvalue weighted by Crippen LogP contribution is -2.12. The number of pyridine rings is 1. The smallest absolute Gasteiger partial charge is 0.338 e. The van der Waals surface area contributed by atoms with E-state index in [9.17, 15) is 9.59 Å². The average Bonchev–Trinajstić information content (AvgIpc) is 2.69. The lowest BCUT2D eigenvalue weighted by Gasteiger charge is -2.08. The van der Waals surface area contributed by atoms with Gasteiger partial charge in [0.1, 0.15) is 0 Å². The number of benzene rings is 2. The topological polar surface area (TPSA) is 68.3 Å². The zero-order valence-corrected chi connectivity index (χ0v) is 15.4. The molecule has 136 valence electrons. The number of halogens is 1. The van der Waals surface area contributed by atoms with E-state index in [1.54, 1.807) is 73.8 Å². The molecule has 1 N–H and O–H groups in total. The number of hydrogen-bond donors (Lipinski definition) is 1. The molecule has 2 aromatic carbocycles. The van der Waals surface area contributed by atoms with Crippen LogP contribution >= 0.6 is 11.6 Å². The minimum atomic E-state index is -0.426. The highest BCUT2D eigenvalue weighted by atomic mass is 35.5. The van der Waals surface area contributed by atoms with E-state index in [-0.39, 0.29) is 5.91 Å². The predicted octanol–water partition coefficient (Wildman–Crippen LogP) is 4.83. The second-order valence-corrected chi connectivity index (χ2v) is 6.07. The van der Waals surface area contributed by atoms with Crippen molar-refractivity contribution < 1.29 is 14.3 Å². The molecule has 0 aliphatic heterocycles. The molecule has 0 spiro atoms. The highest BCUT2D eigenvalue weighted by molar-refractivity contribution is 6.33. The van der Waals surface area contributed by atoms with Gasteiger partial charge in [-0.05, 0) is 49.4 Å². The minimum absolute atomic E-state index is 0.283. The Balaban J connectivity index is 1.74. The fourth-order valence-electron chi connectivity index (χ4n) is 2.52. The number of carbonyl (C=O) groups is 2. The summed E-state index contributed by atoms with van der Waals surface area (Å²) in [6, 6.07) is 17.1. The molecule has 1 aromatic heterocycles. The molecule has 1 amide bonds. The first kappa shape index (κ1) is 18.6. The summed E-state index contributed by atoms with van der Waals surface area (Å²) in [4.78, 5) is 28.5. The molecule has 0 atom stereocenters. The summed E-state index contributed by atoms with van der Waals surface area (Å²) in [5, 5.41) is 3.32. The Morgan fingerprint density at radius 3 is 2.52 bits per heavy atom. The second kappa shape index (κ2) is 8.47. The van der Waals surface area contributed by atoms with Gasteiger partial charge in [0.2, 0.25) is 0 Å². The van der Waals surface area contributed by atoms with Gasteiger partial charge in [-0.3, -0.25) is 9.78 Å². The Morgan fingerprint density at radius 1 is 1.04 bits per heavy atom. The van der Waals surface area contributed by atoms with Crippen LogP contribution in [0.3, 0.4) is 0 Å². The van der Waals surface area contributed by atoms with Crippen LogP contribution in [0, 0.1) is 0 Å². The molecule has 27 heavy (non-hydrogen) atoms. The number of ether oxygens (including phenoxy) is 1. The van der Waals surface area contributed by atoms with Crippen LogP contribution < -0.4 is 5.32 Å². The highest BCUT2D eigenvalue weighted by Gasteiger charge is 2.11. The Bertz CT molecular complexity index is 971. The Kier molecular flexibility index (Phi) is 5.84. The van der Waals surface area contributed by atoms with Gasteiger partial charge < -0.3 is 10.1 Å². The van der Waals surface area contributed by atoms with E-state index in [1.165, 1.54) is 0 Å². The number of anilines is 1. The largest absolute Gasteiger partial charge is 0.462 e. The number of nitrogens with zero attached hydrogens (tertiary/aromatic N) is 1. The van der Waals surface area contributed by atoms with Gasteiger partial charge in [-0.2, -0.15) is 0 Å². The Morgan fingerprint density at radius 2 is 1.81 bits per heavy atom. The second-order valence-electron chi connectivity index (χ2n) is 5.67. The number of aromatic nitrogens is 1. The maximum Gasteiger partial charge on any atom is 0.338 e. The van der Waals surface area contributed by atoms with Gasteiger partial charge in [0.25, 0.3) is 5.91 Å². The summed E-state index contributed by atoms with van der Waals surface area (Å²) in [6.07, 6.45) is 1.67. The lowest BCUT2D eigenvalue weighted by atomic mass is 10.1. The Labute approximate surface area is 162 Å². The van der Waals surface area contributed by atoms with Gasteiger partial charge in [0.05, 0.1) is 22.9 Å². The van der Waals surface area contributed by atoms with E-state index in [0.717, 1.165) is 5.56 Å². The van der Waals surface area contributed by atoms with E-state index in [0.29, 0.717) is 34.1 Å². The molecule has 0 fully saturated rings. The van der Waals surface area contributed by atoms with Crippen LogP contribution in [0.1, 0.15) is 27.6 Å². The van der Waals surface area contributed by atoms with Crippen LogP contribution in [0.4, 0.5) is 5.69 Å². The van der Waals surface area contributed by atoms with E-state index in [4.69, 9.17) is 16.3 Å². The first-order valence-electron chi connectivity index (χ1n) is 8.38. The fourth-order valence-corrected chi connectivity index (χ4v) is 2.75. The first-order valence-corrected chi connectivity index (χ1v) is 8.75. The molecule has 0 radical (unpaired) electrons. The molecule has 0 aliphatic rings. The molecule has 0 bridgehead atoms. The first-order chi connectivity index (χ1) is 13.1. The molecule has 1 heterocycles. The molecule has 0 saturated heterocycles. The number of amides is 1. The molecule has 0 aliphatic carbocycles. The van der Waals surface area contributed by atoms with Gasteiger partial charge in [0.15, 0.2) is 0 Å². The zero-order valence-electron chi connectivity index (χ0n) is 14.6. The summed E-state index contributed by atoms with van der Waals surface area (Å²) in [6.45, 7) is 2.04. The predicted molar refractivity (Wildman–Crippen MR) is 105 cm³/mol. The Hall–Kier alpha value is -3.18. The van der Waals surface area contributed by atoms with Crippen LogP contribution in [0.15, 0.2) is 66.9 Å². The summed E-state index contributed by atoms with van der Waals surface area (Å²) in [5.41, 5.74) is 2.86. The van der Waals surface area contributed by atoms with Crippen molar-refractivity contribution in [3.63, 3.8) is 0 Å². The average molecular weight is 381 g/mol. The number of esters is 1. The summed E-state index contributed by atoms with van der Waals surface area (Å²) in [7, 11) is 0. The van der Waals surface area contributed by atoms with Crippen molar-refractivity contribution in [2.24, 2.45) is 0 Å². The van der Waals surface area contributed by atoms with Crippen molar-refractivity contribution in [3.8, 4) is 11.3 Å². The van der Waals surface area contributed by atoms with Gasteiger partial charge >= 0.3 is 5.97 Å². The van der Waals surface area contributed by atoms with Gasteiger partial charge in [-0.1, -0.05) is 29.8 Å². The molecule has 6 heteroatoms. The standard InChI is InChI=1S/C21H17ClN2O3/c1-2-27-21(26)16-5-3-6-17(13-16)24-20(25)15-10-8-14(9-11-15)19-18(22)7-4-12-23-19/h3-13H,2H2,1H3,(H,24,25). The summed E-state index contributed by atoms with van der Waals surface area (Å²) in [5.74, 6) is -0.708. The highest BCUT2D eigenvalue weighted by Crippen LogP contribution is 2.25. The molecule has 0 saturated carbocycles. The van der Waals surface area contributed by atoms with E-state index in [1.807, 2.05) is 0 Å². The van der Waals surface area contributed by atoms with Gasteiger partial charge in [-0.25, -0.2) is 4.79 Å². The van der Waals surface area contributed by atoms with Crippen LogP contribution in [0.5, 0.6) is 0 Å². The third-order valence-electron chi connectivity index (χ3n) is 3.81. The van der Waals surface area contributed by atoms with Crippen molar-refractivity contribution >= 4 is 29.2 Å². The van der Waals surface area contributed by atoms with E-state index in [2.05, 4.69) is 10.3 Å². The maximum absolute atomic E-state index is 12.5. The van der Waals surface area contributed by atoms with Crippen LogP contribution in [0.25, 0.3) is 11.3 Å². The third kappa shape index (κ3) is 4.51. The summed E-state index contributed by atoms with van der Waals surface area (Å²) < 4.78 is 4.97. The van der Waals surface area contributed by atoms with Crippen LogP contribution in [-0.4, -0.2) is 23.5 Å². The van der Waals surface area contributed by atoms with E-state index >= 15 is 0 Å². The maximum atomic E-state index is 12.5. The minimum Gasteiger partial charge on any atom is -0.462 e. The zero-order chi connectivity index (χ0) is 19.2. The molecule has 3 aromatic rings. The van der Waals surface area contributed by atoms with Crippen molar-refractivity contribution in [2.75, 3.05) is 11.9 Å². The van der Waals surface area contributed by atoms with Crippen molar-refractivity contribution in [1.29, 1.82) is 0 Å². The van der Waals surface area contributed by atoms with Crippen LogP contribution in [0.2, 0.25) is 5.02 Å². The molecular formula is C21H17ClN2O3. The van der Waals surface area contributed by atoms with Crippen LogP contribution in [-0.2, 0) is 4.74 Å². The van der Waals surface area contributed by atoms with Gasteiger partial charge in [0, 0.05) is 23.0 Å². The number of hydrogen-bond acceptors (Lipinski definition) is 4. The number of nitrogens with one attached hydrogen (secondary N) is 1. The van der Waals surface area contributed by atoms with E-state index < -0.39 is 5.97 Å². The molecule has 3 rings (SSSR count). The van der Waals surface area contributed by atoms with Crippen molar-refractivity contribution in [2.45, 2.75) is 6.92 Å². The summed E-state index contributed by atoms with van der Waals surface area (Å²) >= 11 is 6.15. The fraction of sp³-hybridized carbons (Fsp3) is 0.0952. The van der Waals surface area contributed by atoms with Gasteiger partial charge in [-0.15, -0.1) is 0 Å². The quantitative estimate of drug-likeness (QED) is 0.643. The monoisotopic (exact) mass is 380 g/mol. The van der Waals surface area contributed by atoms with Crippen molar-refractivity contribution in [1.82, 2.24) is 4.98 Å². The number of rotatable bonds is 5. The normalized spacial score (nSPS) is 10.3. The number of carbonyl (C=O) groups excluding carboxylic acids is 2. The molecule has 0 unspecified atom stereocenters. The van der Waals surface area contributed by atoms with Crippen molar-refractivity contribution in [3.05, 3.63) is 83.0 Å². The SMILES string of the molecule is CCOC(=O)c1cccc(NC(=O)c2ccc(-c3ncccc3Cl)cc2)c1. The lowest BCUT2D eigenvalue weighted by molar-refractivity contribution is 0.0526. The molecular weight excluding hydrogens is 364 g/mol.